The predicted molar refractivity (Wildman–Crippen MR) is 199 cm³/mol. The number of carbonyl (C=O) groups is 6. The van der Waals surface area contributed by atoms with Gasteiger partial charge in [0.25, 0.3) is 5.91 Å². The zero-order chi connectivity index (χ0) is 38.8. The summed E-state index contributed by atoms with van der Waals surface area (Å²) < 4.78 is 0. The summed E-state index contributed by atoms with van der Waals surface area (Å²) in [5, 5.41) is 5.84. The SMILES string of the molecule is CCC(C)[C@H](NC(=O)[C@H](N)Cc1ccccc1)C(=O)N1CCCC[C@@H]1C(=O)N1CCCC[C@H]1C(=O)N[C@H](Cc1cnc[nH]1)C(=O)N1CCC[C@H]1C(=O)NN. The summed E-state index contributed by atoms with van der Waals surface area (Å²) in [7, 11) is 0. The van der Waals surface area contributed by atoms with Gasteiger partial charge in [-0.05, 0) is 69.3 Å². The first-order valence-electron chi connectivity index (χ1n) is 19.3. The van der Waals surface area contributed by atoms with Gasteiger partial charge in [-0.2, -0.15) is 0 Å². The third kappa shape index (κ3) is 9.63. The summed E-state index contributed by atoms with van der Waals surface area (Å²) >= 11 is 0. The highest BCUT2D eigenvalue weighted by atomic mass is 16.2. The summed E-state index contributed by atoms with van der Waals surface area (Å²) in [5.41, 5.74) is 9.96. The smallest absolute Gasteiger partial charge is 0.256 e. The standard InChI is InChI=1S/C38H56N10O6/c1-3-24(2)32(44-33(49)27(39)20-25-12-5-4-6-13-25)38(54)48-18-10-8-15-31(48)37(53)47-17-9-7-14-29(47)34(50)43-28(21-26-22-41-23-42-26)36(52)46-19-11-16-30(46)35(51)45-40/h4-6,12-13,22-24,27-32H,3,7-11,14-21,39-40H2,1-2H3,(H,41,42)(H,43,50)(H,44,49)(H,45,51)/t24?,27-,28-,29+,30+,31-,32+/m1/s1. The fraction of sp³-hybridized carbons (Fsp3) is 0.605. The molecule has 6 amide bonds. The molecule has 1 aromatic carbocycles. The van der Waals surface area contributed by atoms with Crippen LogP contribution in [0.25, 0.3) is 0 Å². The van der Waals surface area contributed by atoms with Crippen LogP contribution in [0.4, 0.5) is 0 Å². The molecular weight excluding hydrogens is 692 g/mol. The molecule has 2 aromatic rings. The van der Waals surface area contributed by atoms with Crippen LogP contribution >= 0.6 is 0 Å². The highest BCUT2D eigenvalue weighted by Gasteiger charge is 2.44. The Bertz CT molecular complexity index is 1610. The van der Waals surface area contributed by atoms with Gasteiger partial charge in [0.15, 0.2) is 0 Å². The van der Waals surface area contributed by atoms with Gasteiger partial charge in [0.2, 0.25) is 29.5 Å². The first-order chi connectivity index (χ1) is 26.0. The van der Waals surface area contributed by atoms with Gasteiger partial charge >= 0.3 is 0 Å². The number of benzene rings is 1. The van der Waals surface area contributed by atoms with Crippen LogP contribution in [0.1, 0.15) is 82.9 Å². The molecule has 1 aromatic heterocycles. The summed E-state index contributed by atoms with van der Waals surface area (Å²) in [6.07, 6.45) is 8.74. The van der Waals surface area contributed by atoms with Crippen LogP contribution in [0.15, 0.2) is 42.9 Å². The Morgan fingerprint density at radius 1 is 0.815 bits per heavy atom. The largest absolute Gasteiger partial charge is 0.348 e. The number of H-pyrrole nitrogens is 1. The second kappa shape index (κ2) is 19.0. The van der Waals surface area contributed by atoms with Crippen molar-refractivity contribution in [2.45, 2.75) is 121 Å². The Labute approximate surface area is 316 Å². The Kier molecular flexibility index (Phi) is 14.2. The predicted octanol–water partition coefficient (Wildman–Crippen LogP) is 0.281. The van der Waals surface area contributed by atoms with Crippen molar-refractivity contribution >= 4 is 35.4 Å². The zero-order valence-electron chi connectivity index (χ0n) is 31.4. The Morgan fingerprint density at radius 3 is 2.11 bits per heavy atom. The van der Waals surface area contributed by atoms with Gasteiger partial charge in [0.05, 0.1) is 12.4 Å². The van der Waals surface area contributed by atoms with E-state index >= 15 is 0 Å². The van der Waals surface area contributed by atoms with Crippen LogP contribution < -0.4 is 27.6 Å². The third-order valence-corrected chi connectivity index (χ3v) is 11.1. The number of hydrogen-bond donors (Lipinski definition) is 6. The summed E-state index contributed by atoms with van der Waals surface area (Å²) in [5.74, 6) is 2.68. The van der Waals surface area contributed by atoms with Gasteiger partial charge in [-0.15, -0.1) is 0 Å². The molecule has 8 N–H and O–H groups in total. The maximum atomic E-state index is 14.5. The molecule has 3 fully saturated rings. The van der Waals surface area contributed by atoms with Crippen LogP contribution in [0.5, 0.6) is 0 Å². The molecule has 294 valence electrons. The van der Waals surface area contributed by atoms with Crippen molar-refractivity contribution < 1.29 is 28.8 Å². The van der Waals surface area contributed by atoms with Crippen molar-refractivity contribution in [2.24, 2.45) is 17.5 Å². The van der Waals surface area contributed by atoms with E-state index in [1.54, 1.807) is 16.0 Å². The van der Waals surface area contributed by atoms with Crippen LogP contribution in [0.2, 0.25) is 0 Å². The van der Waals surface area contributed by atoms with Gasteiger partial charge in [-0.1, -0.05) is 50.6 Å². The quantitative estimate of drug-likeness (QED) is 0.0885. The van der Waals surface area contributed by atoms with Crippen molar-refractivity contribution in [3.8, 4) is 0 Å². The highest BCUT2D eigenvalue weighted by Crippen LogP contribution is 2.27. The molecule has 16 nitrogen and oxygen atoms in total. The summed E-state index contributed by atoms with van der Waals surface area (Å²) in [6, 6.07) is 4.20. The summed E-state index contributed by atoms with van der Waals surface area (Å²) in [4.78, 5) is 94.4. The van der Waals surface area contributed by atoms with E-state index < -0.39 is 59.9 Å². The monoisotopic (exact) mass is 748 g/mol. The number of carbonyl (C=O) groups excluding carboxylic acids is 6. The number of nitrogens with one attached hydrogen (secondary N) is 4. The maximum Gasteiger partial charge on any atom is 0.256 e. The van der Waals surface area contributed by atoms with Crippen molar-refractivity contribution in [1.82, 2.24) is 40.7 Å². The van der Waals surface area contributed by atoms with Gasteiger partial charge in [0.1, 0.15) is 30.2 Å². The molecule has 5 rings (SSSR count). The first-order valence-corrected chi connectivity index (χ1v) is 19.3. The molecule has 3 aliphatic rings. The number of likely N-dealkylation sites (tertiary alicyclic amines) is 3. The molecule has 16 heteroatoms. The number of nitrogens with zero attached hydrogens (tertiary/aromatic N) is 4. The number of piperidine rings is 2. The fourth-order valence-corrected chi connectivity index (χ4v) is 7.88. The molecule has 0 spiro atoms. The van der Waals surface area contributed by atoms with E-state index in [4.69, 9.17) is 11.6 Å². The average molecular weight is 749 g/mol. The highest BCUT2D eigenvalue weighted by molar-refractivity contribution is 5.97. The second-order valence-corrected chi connectivity index (χ2v) is 14.8. The van der Waals surface area contributed by atoms with E-state index in [1.807, 2.05) is 44.2 Å². The lowest BCUT2D eigenvalue weighted by Gasteiger charge is -2.43. The van der Waals surface area contributed by atoms with E-state index in [0.717, 1.165) is 12.0 Å². The van der Waals surface area contributed by atoms with Crippen molar-refractivity contribution in [3.63, 3.8) is 0 Å². The molecule has 0 aliphatic carbocycles. The molecule has 3 aliphatic heterocycles. The topological polar surface area (TPSA) is 229 Å². The Hall–Kier alpha value is -4.83. The molecule has 0 bridgehead atoms. The lowest BCUT2D eigenvalue weighted by Crippen LogP contribution is -2.63. The second-order valence-electron chi connectivity index (χ2n) is 14.8. The fourth-order valence-electron chi connectivity index (χ4n) is 7.88. The van der Waals surface area contributed by atoms with Gasteiger partial charge in [-0.3, -0.25) is 34.2 Å². The minimum Gasteiger partial charge on any atom is -0.348 e. The van der Waals surface area contributed by atoms with E-state index in [9.17, 15) is 28.8 Å². The van der Waals surface area contributed by atoms with Crippen molar-refractivity contribution in [2.75, 3.05) is 19.6 Å². The molecule has 3 saturated heterocycles. The molecule has 7 atom stereocenters. The molecule has 4 heterocycles. The lowest BCUT2D eigenvalue weighted by atomic mass is 9.92. The molecule has 54 heavy (non-hydrogen) atoms. The normalized spacial score (nSPS) is 22.4. The lowest BCUT2D eigenvalue weighted by molar-refractivity contribution is -0.154. The maximum absolute atomic E-state index is 14.5. The minimum absolute atomic E-state index is 0.0985. The summed E-state index contributed by atoms with van der Waals surface area (Å²) in [6.45, 7) is 4.83. The zero-order valence-corrected chi connectivity index (χ0v) is 31.4. The van der Waals surface area contributed by atoms with Crippen LogP contribution in [-0.2, 0) is 41.6 Å². The van der Waals surface area contributed by atoms with Gasteiger partial charge in [0, 0.05) is 37.9 Å². The van der Waals surface area contributed by atoms with Crippen LogP contribution in [-0.4, -0.2) is 116 Å². The molecule has 0 radical (unpaired) electrons. The number of amides is 6. The minimum atomic E-state index is -1.04. The number of nitrogens with two attached hydrogens (primary N) is 2. The Morgan fingerprint density at radius 2 is 1.44 bits per heavy atom. The molecular formula is C38H56N10O6. The van der Waals surface area contributed by atoms with Gasteiger partial charge in [-0.25, -0.2) is 10.8 Å². The van der Waals surface area contributed by atoms with Crippen molar-refractivity contribution in [3.05, 3.63) is 54.1 Å². The van der Waals surface area contributed by atoms with Crippen LogP contribution in [0.3, 0.4) is 0 Å². The number of hydrogen-bond acceptors (Lipinski definition) is 9. The van der Waals surface area contributed by atoms with Crippen molar-refractivity contribution in [1.29, 1.82) is 0 Å². The van der Waals surface area contributed by atoms with E-state index in [2.05, 4.69) is 26.0 Å². The number of rotatable bonds is 14. The first kappa shape index (κ1) is 40.4. The van der Waals surface area contributed by atoms with Crippen LogP contribution in [0, 0.1) is 5.92 Å². The third-order valence-electron chi connectivity index (χ3n) is 11.1. The number of aromatic nitrogens is 2. The van der Waals surface area contributed by atoms with E-state index in [-0.39, 0.29) is 24.2 Å². The van der Waals surface area contributed by atoms with E-state index in [1.165, 1.54) is 11.2 Å². The molecule has 0 saturated carbocycles. The number of aromatic amines is 1. The van der Waals surface area contributed by atoms with E-state index in [0.29, 0.717) is 83.1 Å². The Balaban J connectivity index is 1.32. The van der Waals surface area contributed by atoms with Gasteiger partial charge < -0.3 is 36.1 Å². The number of hydrazine groups is 1. The number of imidazole rings is 1. The molecule has 1 unspecified atom stereocenters. The average Bonchev–Trinajstić information content (AvgIpc) is 3.91.